The molecule has 6 nitrogen and oxygen atoms in total. The summed E-state index contributed by atoms with van der Waals surface area (Å²) in [7, 11) is 1.56. The molecule has 0 bridgehead atoms. The number of aliphatic hydroxyl groups is 1. The standard InChI is InChI=1S/C23H25F2N3O3/c1-28-20(30)23(27-22(28)26,16-6-2-4-14(12-16)5-3-11-29)17-9-10-19(31-21(24)25)18(13-17)15-7-8-15/h2,4,6,9-10,12-13,15,21,29H,3,5,7-8,11H2,1H3,(H2,26,27). The third-order valence-electron chi connectivity index (χ3n) is 5.87. The fourth-order valence-electron chi connectivity index (χ4n) is 4.11. The van der Waals surface area contributed by atoms with Gasteiger partial charge in [0.15, 0.2) is 11.5 Å². The molecular weight excluding hydrogens is 404 g/mol. The Morgan fingerprint density at radius 3 is 2.61 bits per heavy atom. The van der Waals surface area contributed by atoms with Gasteiger partial charge in [0.2, 0.25) is 0 Å². The summed E-state index contributed by atoms with van der Waals surface area (Å²) in [5.74, 6) is 0.0290. The number of halogens is 2. The number of nitrogens with zero attached hydrogens (tertiary/aromatic N) is 2. The zero-order chi connectivity index (χ0) is 22.2. The van der Waals surface area contributed by atoms with Gasteiger partial charge in [-0.2, -0.15) is 8.78 Å². The summed E-state index contributed by atoms with van der Waals surface area (Å²) in [5, 5.41) is 9.16. The minimum Gasteiger partial charge on any atom is -0.435 e. The van der Waals surface area contributed by atoms with Crippen LogP contribution in [-0.2, 0) is 16.8 Å². The minimum atomic E-state index is -2.92. The van der Waals surface area contributed by atoms with Gasteiger partial charge in [0.05, 0.1) is 0 Å². The van der Waals surface area contributed by atoms with Crippen molar-refractivity contribution in [3.63, 3.8) is 0 Å². The number of alkyl halides is 2. The Bertz CT molecular complexity index is 1020. The maximum atomic E-state index is 13.5. The lowest BCUT2D eigenvalue weighted by Gasteiger charge is -2.27. The molecule has 1 aliphatic carbocycles. The Morgan fingerprint density at radius 1 is 1.26 bits per heavy atom. The summed E-state index contributed by atoms with van der Waals surface area (Å²) >= 11 is 0. The summed E-state index contributed by atoms with van der Waals surface area (Å²) in [5.41, 5.74) is 7.46. The van der Waals surface area contributed by atoms with Gasteiger partial charge in [-0.05, 0) is 66.0 Å². The Kier molecular flexibility index (Phi) is 5.66. The first-order chi connectivity index (χ1) is 14.9. The molecule has 1 atom stereocenters. The minimum absolute atomic E-state index is 0.0679. The highest BCUT2D eigenvalue weighted by Gasteiger charge is 2.50. The number of amides is 1. The van der Waals surface area contributed by atoms with Gasteiger partial charge >= 0.3 is 6.61 Å². The van der Waals surface area contributed by atoms with Gasteiger partial charge in [0.25, 0.3) is 5.91 Å². The zero-order valence-electron chi connectivity index (χ0n) is 17.2. The first-order valence-corrected chi connectivity index (χ1v) is 10.3. The van der Waals surface area contributed by atoms with Crippen molar-refractivity contribution in [1.29, 1.82) is 0 Å². The van der Waals surface area contributed by atoms with Crippen LogP contribution >= 0.6 is 0 Å². The van der Waals surface area contributed by atoms with Gasteiger partial charge in [0, 0.05) is 13.7 Å². The van der Waals surface area contributed by atoms with Crippen LogP contribution in [0.2, 0.25) is 0 Å². The normalized spacial score (nSPS) is 21.0. The number of aliphatic imine (C=N–C) groups is 1. The number of carbonyl (C=O) groups excluding carboxylic acids is 1. The smallest absolute Gasteiger partial charge is 0.387 e. The molecule has 0 spiro atoms. The van der Waals surface area contributed by atoms with Crippen LogP contribution in [0, 0.1) is 0 Å². The number of guanidine groups is 1. The Morgan fingerprint density at radius 2 is 2.00 bits per heavy atom. The van der Waals surface area contributed by atoms with Crippen LogP contribution in [0.4, 0.5) is 8.78 Å². The molecule has 31 heavy (non-hydrogen) atoms. The van der Waals surface area contributed by atoms with Gasteiger partial charge in [-0.3, -0.25) is 9.69 Å². The molecule has 1 saturated carbocycles. The number of rotatable bonds is 8. The predicted octanol–water partition coefficient (Wildman–Crippen LogP) is 3.12. The van der Waals surface area contributed by atoms with Gasteiger partial charge < -0.3 is 15.6 Å². The van der Waals surface area contributed by atoms with E-state index in [4.69, 9.17) is 15.6 Å². The summed E-state index contributed by atoms with van der Waals surface area (Å²) in [6.45, 7) is -2.85. The third kappa shape index (κ3) is 3.87. The lowest BCUT2D eigenvalue weighted by Crippen LogP contribution is -2.41. The molecule has 1 amide bonds. The van der Waals surface area contributed by atoms with Gasteiger partial charge in [0.1, 0.15) is 5.75 Å². The molecule has 0 radical (unpaired) electrons. The molecular formula is C23H25F2N3O3. The maximum absolute atomic E-state index is 13.5. The molecule has 8 heteroatoms. The SMILES string of the molecule is CN1C(=O)C(c2cccc(CCCO)c2)(c2ccc(OC(F)F)c(C3CC3)c2)N=C1N. The second kappa shape index (κ2) is 8.26. The van der Waals surface area contributed by atoms with Crippen LogP contribution in [0.3, 0.4) is 0 Å². The fourth-order valence-corrected chi connectivity index (χ4v) is 4.11. The summed E-state index contributed by atoms with van der Waals surface area (Å²) in [6, 6.07) is 12.3. The Balaban J connectivity index is 1.86. The summed E-state index contributed by atoms with van der Waals surface area (Å²) in [6.07, 6.45) is 3.01. The van der Waals surface area contributed by atoms with E-state index in [1.807, 2.05) is 24.3 Å². The molecule has 0 aromatic heterocycles. The van der Waals surface area contributed by atoms with E-state index in [1.54, 1.807) is 19.2 Å². The molecule has 164 valence electrons. The lowest BCUT2D eigenvalue weighted by molar-refractivity contribution is -0.129. The number of aryl methyl sites for hydroxylation is 1. The number of likely N-dealkylation sites (N-methyl/N-ethyl adjacent to an activating group) is 1. The second-order valence-electron chi connectivity index (χ2n) is 7.98. The van der Waals surface area contributed by atoms with E-state index < -0.39 is 12.2 Å². The van der Waals surface area contributed by atoms with Gasteiger partial charge in [-0.1, -0.05) is 30.3 Å². The van der Waals surface area contributed by atoms with Crippen LogP contribution in [-0.4, -0.2) is 42.1 Å². The molecule has 4 rings (SSSR count). The number of aliphatic hydroxyl groups excluding tert-OH is 1. The number of benzene rings is 2. The molecule has 1 fully saturated rings. The molecule has 2 aliphatic rings. The van der Waals surface area contributed by atoms with E-state index in [0.29, 0.717) is 29.5 Å². The first kappa shape index (κ1) is 21.2. The topological polar surface area (TPSA) is 88.2 Å². The highest BCUT2D eigenvalue weighted by atomic mass is 19.3. The monoisotopic (exact) mass is 429 g/mol. The van der Waals surface area contributed by atoms with Crippen LogP contribution < -0.4 is 10.5 Å². The quantitative estimate of drug-likeness (QED) is 0.675. The third-order valence-corrected chi connectivity index (χ3v) is 5.87. The van der Waals surface area contributed by atoms with Crippen molar-refractivity contribution < 1.29 is 23.4 Å². The molecule has 2 aromatic carbocycles. The van der Waals surface area contributed by atoms with Crippen LogP contribution in [0.25, 0.3) is 0 Å². The van der Waals surface area contributed by atoms with Crippen LogP contribution in [0.1, 0.15) is 47.4 Å². The molecule has 3 N–H and O–H groups in total. The van der Waals surface area contributed by atoms with Crippen molar-refractivity contribution in [3.05, 3.63) is 64.7 Å². The van der Waals surface area contributed by atoms with Crippen molar-refractivity contribution in [2.24, 2.45) is 10.7 Å². The van der Waals surface area contributed by atoms with Crippen molar-refractivity contribution in [2.45, 2.75) is 43.8 Å². The van der Waals surface area contributed by atoms with Crippen LogP contribution in [0.15, 0.2) is 47.5 Å². The largest absolute Gasteiger partial charge is 0.435 e. The summed E-state index contributed by atoms with van der Waals surface area (Å²) < 4.78 is 30.5. The van der Waals surface area contributed by atoms with E-state index >= 15 is 0 Å². The number of nitrogens with two attached hydrogens (primary N) is 1. The zero-order valence-corrected chi connectivity index (χ0v) is 17.2. The van der Waals surface area contributed by atoms with E-state index in [1.165, 1.54) is 11.0 Å². The van der Waals surface area contributed by atoms with Crippen molar-refractivity contribution in [1.82, 2.24) is 4.90 Å². The second-order valence-corrected chi connectivity index (χ2v) is 7.98. The summed E-state index contributed by atoms with van der Waals surface area (Å²) in [4.78, 5) is 19.4. The fraction of sp³-hybridized carbons (Fsp3) is 0.391. The Hall–Kier alpha value is -3.00. The average Bonchev–Trinajstić information content (AvgIpc) is 3.57. The van der Waals surface area contributed by atoms with E-state index in [-0.39, 0.29) is 30.1 Å². The molecule has 0 saturated heterocycles. The van der Waals surface area contributed by atoms with E-state index in [9.17, 15) is 13.6 Å². The van der Waals surface area contributed by atoms with E-state index in [2.05, 4.69) is 4.99 Å². The number of ether oxygens (including phenoxy) is 1. The molecule has 1 heterocycles. The maximum Gasteiger partial charge on any atom is 0.387 e. The van der Waals surface area contributed by atoms with Gasteiger partial charge in [-0.15, -0.1) is 0 Å². The number of hydrogen-bond acceptors (Lipinski definition) is 5. The predicted molar refractivity (Wildman–Crippen MR) is 112 cm³/mol. The number of carbonyl (C=O) groups is 1. The van der Waals surface area contributed by atoms with Crippen LogP contribution in [0.5, 0.6) is 5.75 Å². The van der Waals surface area contributed by atoms with E-state index in [0.717, 1.165) is 18.4 Å². The highest BCUT2D eigenvalue weighted by Crippen LogP contribution is 2.48. The Labute approximate surface area is 179 Å². The van der Waals surface area contributed by atoms with Gasteiger partial charge in [-0.25, -0.2) is 4.99 Å². The van der Waals surface area contributed by atoms with Crippen molar-refractivity contribution in [3.8, 4) is 5.75 Å². The molecule has 1 unspecified atom stereocenters. The van der Waals surface area contributed by atoms with Crippen molar-refractivity contribution >= 4 is 11.9 Å². The lowest BCUT2D eigenvalue weighted by atomic mass is 9.81. The van der Waals surface area contributed by atoms with Crippen molar-refractivity contribution in [2.75, 3.05) is 13.7 Å². The first-order valence-electron chi connectivity index (χ1n) is 10.3. The number of hydrogen-bond donors (Lipinski definition) is 2. The average molecular weight is 429 g/mol. The highest BCUT2D eigenvalue weighted by molar-refractivity contribution is 6.09. The molecule has 1 aliphatic heterocycles. The molecule has 2 aromatic rings.